The van der Waals surface area contributed by atoms with Gasteiger partial charge in [-0.2, -0.15) is 8.42 Å². The number of aromatic nitrogens is 1. The van der Waals surface area contributed by atoms with Crippen LogP contribution in [0.3, 0.4) is 0 Å². The smallest absolute Gasteiger partial charge is 0.303 e. The molecular formula is C26H29N3O6S. The van der Waals surface area contributed by atoms with Crippen LogP contribution in [0.4, 0.5) is 5.69 Å². The molecule has 36 heavy (non-hydrogen) atoms. The summed E-state index contributed by atoms with van der Waals surface area (Å²) in [6, 6.07) is 12.5. The predicted octanol–water partition coefficient (Wildman–Crippen LogP) is 4.72. The fourth-order valence-corrected chi connectivity index (χ4v) is 5.02. The van der Waals surface area contributed by atoms with Crippen molar-refractivity contribution in [1.29, 1.82) is 0 Å². The van der Waals surface area contributed by atoms with Gasteiger partial charge in [0.1, 0.15) is 16.1 Å². The maximum absolute atomic E-state index is 12.3. The zero-order valence-corrected chi connectivity index (χ0v) is 21.1. The molecule has 0 atom stereocenters. The summed E-state index contributed by atoms with van der Waals surface area (Å²) in [5, 5.41) is 11.1. The lowest BCUT2D eigenvalue weighted by molar-refractivity contribution is -0.137. The van der Waals surface area contributed by atoms with Crippen molar-refractivity contribution in [2.75, 3.05) is 24.5 Å². The molecule has 0 bridgehead atoms. The molecule has 2 aliphatic rings. The maximum atomic E-state index is 12.3. The number of rotatable bonds is 10. The Morgan fingerprint density at radius 3 is 2.44 bits per heavy atom. The number of benzene rings is 3. The van der Waals surface area contributed by atoms with Crippen molar-refractivity contribution < 1.29 is 27.3 Å². The van der Waals surface area contributed by atoms with E-state index >= 15 is 0 Å². The second-order valence-electron chi connectivity index (χ2n) is 8.53. The molecule has 190 valence electrons. The molecule has 0 saturated heterocycles. The second kappa shape index (κ2) is 10.6. The number of carboxylic acid groups (broad SMARTS) is 1. The third-order valence-electron chi connectivity index (χ3n) is 6.17. The van der Waals surface area contributed by atoms with Crippen molar-refractivity contribution in [1.82, 2.24) is 4.98 Å². The number of hydrogen-bond acceptors (Lipinski definition) is 7. The van der Waals surface area contributed by atoms with Crippen molar-refractivity contribution in [3.8, 4) is 11.5 Å². The highest BCUT2D eigenvalue weighted by Crippen LogP contribution is 2.35. The molecule has 1 heterocycles. The number of hydrogen-bond donors (Lipinski definition) is 2. The molecule has 0 amide bonds. The Labute approximate surface area is 209 Å². The Morgan fingerprint density at radius 1 is 1.06 bits per heavy atom. The molecule has 9 nitrogen and oxygen atoms in total. The van der Waals surface area contributed by atoms with Crippen LogP contribution in [-0.2, 0) is 14.9 Å². The fourth-order valence-electron chi connectivity index (χ4n) is 4.36. The van der Waals surface area contributed by atoms with Crippen LogP contribution >= 0.6 is 0 Å². The van der Waals surface area contributed by atoms with Gasteiger partial charge in [0.25, 0.3) is 10.1 Å². The number of fused-ring (bicyclic) bond motifs is 4. The standard InChI is InChI=1S/C26H29N3O6S/c1-3-29(4-2)17-14-21-26(23(15-17)36(32,33)34)28-25-19-11-8-7-10-18(19)20(16-22(25)35-21)27-13-9-5-6-12-24(30)31/h7-8,10-11,14-16H,3-6,9,12-13H2,1-2H3,(H,30,31)(H,32,33,34). The molecule has 0 saturated carbocycles. The predicted molar refractivity (Wildman–Crippen MR) is 138 cm³/mol. The number of nitrogens with zero attached hydrogens (tertiary/aromatic N) is 3. The first kappa shape index (κ1) is 25.6. The Balaban J connectivity index is 1.89. The highest BCUT2D eigenvalue weighted by molar-refractivity contribution is 7.86. The SMILES string of the molecule is CCN(CC)c1cc(S(=O)(=O)O)c2nc3c4ccccc4c(=NCCCCCC(=O)O)cc-3oc2c1. The first-order valence-corrected chi connectivity index (χ1v) is 13.4. The summed E-state index contributed by atoms with van der Waals surface area (Å²) < 4.78 is 40.8. The van der Waals surface area contributed by atoms with E-state index in [0.717, 1.165) is 29.0 Å². The molecule has 1 aliphatic heterocycles. The monoisotopic (exact) mass is 511 g/mol. The van der Waals surface area contributed by atoms with Crippen molar-refractivity contribution in [2.24, 2.45) is 4.99 Å². The summed E-state index contributed by atoms with van der Waals surface area (Å²) in [5.41, 5.74) is 1.39. The van der Waals surface area contributed by atoms with Gasteiger partial charge in [-0.1, -0.05) is 30.7 Å². The van der Waals surface area contributed by atoms with Gasteiger partial charge in [0.2, 0.25) is 0 Å². The number of unbranched alkanes of at least 4 members (excludes halogenated alkanes) is 2. The number of aliphatic carboxylic acids is 1. The van der Waals surface area contributed by atoms with Crippen LogP contribution < -0.4 is 10.3 Å². The van der Waals surface area contributed by atoms with E-state index in [4.69, 9.17) is 14.5 Å². The zero-order chi connectivity index (χ0) is 25.9. The van der Waals surface area contributed by atoms with Crippen LogP contribution in [0.25, 0.3) is 33.3 Å². The Hall–Kier alpha value is -3.50. The van der Waals surface area contributed by atoms with Gasteiger partial charge < -0.3 is 14.4 Å². The quantitative estimate of drug-likeness (QED) is 0.135. The van der Waals surface area contributed by atoms with Crippen molar-refractivity contribution >= 4 is 43.6 Å². The summed E-state index contributed by atoms with van der Waals surface area (Å²) in [6.45, 7) is 5.74. The second-order valence-corrected chi connectivity index (χ2v) is 9.92. The molecule has 2 N–H and O–H groups in total. The first-order valence-electron chi connectivity index (χ1n) is 12.0. The van der Waals surface area contributed by atoms with Gasteiger partial charge in [0.05, 0.1) is 5.36 Å². The van der Waals surface area contributed by atoms with Crippen LogP contribution in [-0.4, -0.2) is 48.7 Å². The average Bonchev–Trinajstić information content (AvgIpc) is 2.84. The van der Waals surface area contributed by atoms with Crippen LogP contribution in [0.15, 0.2) is 56.8 Å². The van der Waals surface area contributed by atoms with Gasteiger partial charge in [-0.15, -0.1) is 0 Å². The van der Waals surface area contributed by atoms with Gasteiger partial charge in [-0.3, -0.25) is 14.3 Å². The molecule has 1 aliphatic carbocycles. The molecule has 0 radical (unpaired) electrons. The molecular weight excluding hydrogens is 482 g/mol. The van der Waals surface area contributed by atoms with E-state index in [-0.39, 0.29) is 22.4 Å². The lowest BCUT2D eigenvalue weighted by Crippen LogP contribution is -2.22. The summed E-state index contributed by atoms with van der Waals surface area (Å²) in [6.07, 6.45) is 2.29. The van der Waals surface area contributed by atoms with Crippen LogP contribution in [0.2, 0.25) is 0 Å². The molecule has 2 aromatic rings. The fraction of sp³-hybridized carbons (Fsp3) is 0.346. The highest BCUT2D eigenvalue weighted by atomic mass is 32.2. The van der Waals surface area contributed by atoms with Gasteiger partial charge in [0, 0.05) is 54.6 Å². The Kier molecular flexibility index (Phi) is 7.56. The van der Waals surface area contributed by atoms with E-state index < -0.39 is 16.1 Å². The van der Waals surface area contributed by atoms with E-state index in [1.165, 1.54) is 6.07 Å². The number of anilines is 1. The molecule has 0 unspecified atom stereocenters. The topological polar surface area (TPSA) is 133 Å². The summed E-state index contributed by atoms with van der Waals surface area (Å²) in [7, 11) is -4.56. The normalized spacial score (nSPS) is 12.6. The van der Waals surface area contributed by atoms with E-state index in [2.05, 4.69) is 4.98 Å². The number of carbonyl (C=O) groups is 1. The minimum absolute atomic E-state index is 0.0641. The zero-order valence-electron chi connectivity index (χ0n) is 20.3. The van der Waals surface area contributed by atoms with Crippen LogP contribution in [0, 0.1) is 0 Å². The lowest BCUT2D eigenvalue weighted by atomic mass is 10.0. The van der Waals surface area contributed by atoms with Crippen molar-refractivity contribution in [2.45, 2.75) is 44.4 Å². The maximum Gasteiger partial charge on any atom is 0.303 e. The minimum atomic E-state index is -4.56. The third kappa shape index (κ3) is 5.34. The minimum Gasteiger partial charge on any atom is -0.481 e. The molecule has 4 rings (SSSR count). The van der Waals surface area contributed by atoms with E-state index in [9.17, 15) is 17.8 Å². The van der Waals surface area contributed by atoms with Gasteiger partial charge >= 0.3 is 5.97 Å². The lowest BCUT2D eigenvalue weighted by Gasteiger charge is -2.22. The van der Waals surface area contributed by atoms with Gasteiger partial charge in [0.15, 0.2) is 11.3 Å². The highest BCUT2D eigenvalue weighted by Gasteiger charge is 2.23. The van der Waals surface area contributed by atoms with Gasteiger partial charge in [-0.25, -0.2) is 4.98 Å². The summed E-state index contributed by atoms with van der Waals surface area (Å²) in [5.74, 6) is -0.348. The first-order chi connectivity index (χ1) is 17.2. The molecule has 0 aromatic heterocycles. The molecule has 2 aromatic carbocycles. The summed E-state index contributed by atoms with van der Waals surface area (Å²) in [4.78, 5) is 21.7. The largest absolute Gasteiger partial charge is 0.481 e. The van der Waals surface area contributed by atoms with Crippen LogP contribution in [0.1, 0.15) is 39.5 Å². The summed E-state index contributed by atoms with van der Waals surface area (Å²) >= 11 is 0. The Bertz CT molecular complexity index is 1560. The molecule has 0 spiro atoms. The number of carboxylic acids is 1. The van der Waals surface area contributed by atoms with Crippen molar-refractivity contribution in [3.63, 3.8) is 0 Å². The van der Waals surface area contributed by atoms with Crippen molar-refractivity contribution in [3.05, 3.63) is 47.8 Å². The van der Waals surface area contributed by atoms with E-state index in [1.54, 1.807) is 12.1 Å². The Morgan fingerprint density at radius 2 is 1.78 bits per heavy atom. The molecule has 0 fully saturated rings. The van der Waals surface area contributed by atoms with E-state index in [1.807, 2.05) is 43.0 Å². The van der Waals surface area contributed by atoms with Gasteiger partial charge in [-0.05, 0) is 32.8 Å². The average molecular weight is 512 g/mol. The molecule has 10 heteroatoms. The van der Waals surface area contributed by atoms with E-state index in [0.29, 0.717) is 43.2 Å². The third-order valence-corrected chi connectivity index (χ3v) is 7.03. The van der Waals surface area contributed by atoms with Crippen LogP contribution in [0.5, 0.6) is 0 Å².